The molecule has 5 nitrogen and oxygen atoms in total. The Balaban J connectivity index is 2.21. The summed E-state index contributed by atoms with van der Waals surface area (Å²) in [5.74, 6) is -0.215. The van der Waals surface area contributed by atoms with E-state index in [9.17, 15) is 9.90 Å². The molecule has 0 unspecified atom stereocenters. The zero-order valence-electron chi connectivity index (χ0n) is 11.3. The fourth-order valence-corrected chi connectivity index (χ4v) is 1.81. The van der Waals surface area contributed by atoms with Crippen LogP contribution in [0.2, 0.25) is 0 Å². The maximum atomic E-state index is 11.2. The van der Waals surface area contributed by atoms with E-state index in [0.29, 0.717) is 11.6 Å². The summed E-state index contributed by atoms with van der Waals surface area (Å²) in [6.45, 7) is 2.03. The lowest BCUT2D eigenvalue weighted by atomic mass is 10.1. The van der Waals surface area contributed by atoms with E-state index in [1.54, 1.807) is 24.4 Å². The summed E-state index contributed by atoms with van der Waals surface area (Å²) in [7, 11) is 1.53. The fourth-order valence-electron chi connectivity index (χ4n) is 1.81. The quantitative estimate of drug-likeness (QED) is 0.907. The molecule has 5 heteroatoms. The Kier molecular flexibility index (Phi) is 4.20. The second kappa shape index (κ2) is 6.06. The van der Waals surface area contributed by atoms with Crippen molar-refractivity contribution in [1.82, 2.24) is 4.98 Å². The molecule has 104 valence electrons. The van der Waals surface area contributed by atoms with Crippen molar-refractivity contribution in [3.8, 4) is 11.6 Å². The molecule has 1 aromatic heterocycles. The Morgan fingerprint density at radius 2 is 2.15 bits per heavy atom. The molecule has 0 saturated heterocycles. The molecule has 0 atom stereocenters. The highest BCUT2D eigenvalue weighted by atomic mass is 16.5. The van der Waals surface area contributed by atoms with Crippen molar-refractivity contribution >= 4 is 5.97 Å². The van der Waals surface area contributed by atoms with Gasteiger partial charge < -0.3 is 14.6 Å². The number of hydrogen-bond acceptors (Lipinski definition) is 4. The van der Waals surface area contributed by atoms with E-state index in [0.717, 1.165) is 11.1 Å². The number of aryl methyl sites for hydroxylation is 1. The Bertz CT molecular complexity index is 625. The van der Waals surface area contributed by atoms with Crippen molar-refractivity contribution in [1.29, 1.82) is 0 Å². The van der Waals surface area contributed by atoms with E-state index >= 15 is 0 Å². The van der Waals surface area contributed by atoms with Gasteiger partial charge in [0.15, 0.2) is 0 Å². The highest BCUT2D eigenvalue weighted by Gasteiger charge is 2.12. The number of aromatic carboxylic acids is 1. The molecule has 20 heavy (non-hydrogen) atoms. The number of carbonyl (C=O) groups is 1. The fraction of sp³-hybridized carbons (Fsp3) is 0.200. The first-order valence-electron chi connectivity index (χ1n) is 6.06. The molecule has 0 saturated carbocycles. The van der Waals surface area contributed by atoms with Crippen LogP contribution in [0.25, 0.3) is 0 Å². The van der Waals surface area contributed by atoms with E-state index in [1.807, 2.05) is 19.1 Å². The van der Waals surface area contributed by atoms with Gasteiger partial charge >= 0.3 is 5.97 Å². The van der Waals surface area contributed by atoms with Gasteiger partial charge in [-0.2, -0.15) is 0 Å². The number of carboxylic acids is 1. The van der Waals surface area contributed by atoms with Crippen LogP contribution in [0.5, 0.6) is 11.6 Å². The maximum Gasteiger partial charge on any atom is 0.339 e. The summed E-state index contributed by atoms with van der Waals surface area (Å²) >= 11 is 0. The lowest BCUT2D eigenvalue weighted by Gasteiger charge is -2.11. The first-order valence-corrected chi connectivity index (χ1v) is 6.06. The topological polar surface area (TPSA) is 68.7 Å². The van der Waals surface area contributed by atoms with E-state index in [1.165, 1.54) is 7.11 Å². The first-order chi connectivity index (χ1) is 9.61. The lowest BCUT2D eigenvalue weighted by molar-refractivity contribution is 0.0691. The van der Waals surface area contributed by atoms with Crippen LogP contribution in [0.15, 0.2) is 36.5 Å². The van der Waals surface area contributed by atoms with E-state index in [2.05, 4.69) is 4.98 Å². The molecule has 1 aromatic carbocycles. The Morgan fingerprint density at radius 3 is 2.85 bits per heavy atom. The minimum atomic E-state index is -1.01. The number of methoxy groups -OCH3 is 1. The van der Waals surface area contributed by atoms with Crippen molar-refractivity contribution in [2.75, 3.05) is 7.11 Å². The van der Waals surface area contributed by atoms with Crippen molar-refractivity contribution < 1.29 is 19.4 Å². The van der Waals surface area contributed by atoms with Gasteiger partial charge in [-0.05, 0) is 31.2 Å². The summed E-state index contributed by atoms with van der Waals surface area (Å²) in [6.07, 6.45) is 1.62. The van der Waals surface area contributed by atoms with E-state index in [4.69, 9.17) is 9.47 Å². The zero-order chi connectivity index (χ0) is 14.5. The van der Waals surface area contributed by atoms with Crippen molar-refractivity contribution in [3.05, 3.63) is 53.2 Å². The molecular formula is C15H15NO4. The average Bonchev–Trinajstić information content (AvgIpc) is 2.46. The molecule has 2 aromatic rings. The molecule has 0 aliphatic rings. The highest BCUT2D eigenvalue weighted by molar-refractivity contribution is 5.91. The van der Waals surface area contributed by atoms with E-state index in [-0.39, 0.29) is 12.2 Å². The number of rotatable bonds is 5. The van der Waals surface area contributed by atoms with Crippen LogP contribution in [0.3, 0.4) is 0 Å². The third-order valence-corrected chi connectivity index (χ3v) is 2.79. The molecule has 1 N–H and O–H groups in total. The Morgan fingerprint density at radius 1 is 1.35 bits per heavy atom. The van der Waals surface area contributed by atoms with Gasteiger partial charge in [-0.15, -0.1) is 0 Å². The summed E-state index contributed by atoms with van der Waals surface area (Å²) in [5, 5.41) is 9.17. The molecule has 0 amide bonds. The maximum absolute atomic E-state index is 11.2. The molecule has 0 radical (unpaired) electrons. The second-order valence-corrected chi connectivity index (χ2v) is 4.27. The molecule has 0 aliphatic carbocycles. The first kappa shape index (κ1) is 13.9. The number of aromatic nitrogens is 1. The van der Waals surface area contributed by atoms with Gasteiger partial charge in [-0.3, -0.25) is 0 Å². The molecule has 1 heterocycles. The normalized spacial score (nSPS) is 10.1. The van der Waals surface area contributed by atoms with Gasteiger partial charge in [0.2, 0.25) is 5.88 Å². The van der Waals surface area contributed by atoms with Gasteiger partial charge in [0, 0.05) is 6.20 Å². The number of hydrogen-bond donors (Lipinski definition) is 1. The second-order valence-electron chi connectivity index (χ2n) is 4.27. The van der Waals surface area contributed by atoms with Crippen LogP contribution in [0.4, 0.5) is 0 Å². The van der Waals surface area contributed by atoms with Crippen LogP contribution in [-0.2, 0) is 6.61 Å². The number of pyridine rings is 1. The van der Waals surface area contributed by atoms with Gasteiger partial charge in [0.1, 0.15) is 17.9 Å². The number of ether oxygens (including phenoxy) is 2. The van der Waals surface area contributed by atoms with Gasteiger partial charge in [0.05, 0.1) is 12.7 Å². The third kappa shape index (κ3) is 3.06. The van der Waals surface area contributed by atoms with Gasteiger partial charge in [-0.1, -0.05) is 11.6 Å². The van der Waals surface area contributed by atoms with Crippen LogP contribution in [0.1, 0.15) is 21.5 Å². The lowest BCUT2D eigenvalue weighted by Crippen LogP contribution is -2.05. The van der Waals surface area contributed by atoms with Gasteiger partial charge in [0.25, 0.3) is 0 Å². The van der Waals surface area contributed by atoms with Crippen LogP contribution in [0, 0.1) is 6.92 Å². The minimum absolute atomic E-state index is 0.146. The Hall–Kier alpha value is -2.56. The number of nitrogens with zero attached hydrogens (tertiary/aromatic N) is 1. The molecule has 0 spiro atoms. The highest BCUT2D eigenvalue weighted by Crippen LogP contribution is 2.23. The smallest absolute Gasteiger partial charge is 0.339 e. The van der Waals surface area contributed by atoms with Crippen LogP contribution >= 0.6 is 0 Å². The monoisotopic (exact) mass is 273 g/mol. The van der Waals surface area contributed by atoms with Gasteiger partial charge in [-0.25, -0.2) is 9.78 Å². The van der Waals surface area contributed by atoms with Crippen LogP contribution < -0.4 is 9.47 Å². The summed E-state index contributed by atoms with van der Waals surface area (Å²) in [6, 6.07) is 8.64. The van der Waals surface area contributed by atoms with Crippen molar-refractivity contribution in [2.45, 2.75) is 13.5 Å². The Labute approximate surface area is 116 Å². The molecule has 0 fully saturated rings. The standard InChI is InChI=1S/C15H15NO4/c1-10-5-6-13(12(8-10)15(17)18)20-9-11-4-3-7-16-14(11)19-2/h3-8H,9H2,1-2H3,(H,17,18). The summed E-state index contributed by atoms with van der Waals surface area (Å²) in [5.41, 5.74) is 1.77. The molecule has 0 aliphatic heterocycles. The summed E-state index contributed by atoms with van der Waals surface area (Å²) < 4.78 is 10.7. The summed E-state index contributed by atoms with van der Waals surface area (Å²) in [4.78, 5) is 15.3. The predicted octanol–water partition coefficient (Wildman–Crippen LogP) is 2.68. The number of carboxylic acid groups (broad SMARTS) is 1. The molecule has 0 bridgehead atoms. The average molecular weight is 273 g/mol. The van der Waals surface area contributed by atoms with Crippen molar-refractivity contribution in [2.24, 2.45) is 0 Å². The zero-order valence-corrected chi connectivity index (χ0v) is 11.3. The molecular weight excluding hydrogens is 258 g/mol. The largest absolute Gasteiger partial charge is 0.488 e. The van der Waals surface area contributed by atoms with E-state index < -0.39 is 5.97 Å². The minimum Gasteiger partial charge on any atom is -0.488 e. The SMILES string of the molecule is COc1ncccc1COc1ccc(C)cc1C(=O)O. The third-order valence-electron chi connectivity index (χ3n) is 2.79. The predicted molar refractivity (Wildman–Crippen MR) is 73.3 cm³/mol. The molecule has 2 rings (SSSR count). The van der Waals surface area contributed by atoms with Crippen LogP contribution in [-0.4, -0.2) is 23.2 Å². The number of benzene rings is 1. The van der Waals surface area contributed by atoms with Crippen molar-refractivity contribution in [3.63, 3.8) is 0 Å².